The Morgan fingerprint density at radius 3 is 2.76 bits per heavy atom. The molecule has 37 heavy (non-hydrogen) atoms. The van der Waals surface area contributed by atoms with E-state index in [9.17, 15) is 4.79 Å². The highest BCUT2D eigenvalue weighted by Crippen LogP contribution is 2.28. The van der Waals surface area contributed by atoms with E-state index in [0.29, 0.717) is 25.2 Å². The molecule has 2 atom stereocenters. The van der Waals surface area contributed by atoms with Crippen molar-refractivity contribution in [3.05, 3.63) is 81.4 Å². The lowest BCUT2D eigenvalue weighted by atomic mass is 10.1. The summed E-state index contributed by atoms with van der Waals surface area (Å²) < 4.78 is 13.1. The summed E-state index contributed by atoms with van der Waals surface area (Å²) in [6.45, 7) is 6.73. The largest absolute Gasteiger partial charge is 0.497 e. The zero-order chi connectivity index (χ0) is 25.8. The molecule has 0 aliphatic carbocycles. The van der Waals surface area contributed by atoms with Gasteiger partial charge in [0.15, 0.2) is 5.82 Å². The number of pyridine rings is 1. The van der Waals surface area contributed by atoms with Crippen LogP contribution in [0.15, 0.2) is 53.3 Å². The van der Waals surface area contributed by atoms with E-state index in [-0.39, 0.29) is 17.7 Å². The maximum Gasteiger partial charge on any atom is 0.252 e. The maximum absolute atomic E-state index is 13.1. The minimum absolute atomic E-state index is 0.0851. The Morgan fingerprint density at radius 2 is 2.03 bits per heavy atom. The predicted octanol–water partition coefficient (Wildman–Crippen LogP) is 4.16. The molecule has 0 bridgehead atoms. The summed E-state index contributed by atoms with van der Waals surface area (Å²) in [5, 5.41) is 13.7. The maximum atomic E-state index is 13.1. The number of nitrogens with zero attached hydrogens (tertiary/aromatic N) is 5. The standard InChI is InChI=1S/C28H34N6O3/c1-4-26(27-30-31-32-34(27)18-24-6-5-13-37-24)33(16-20-9-7-19(2)8-10-20)17-22-14-21-15-23(36-3)11-12-25(21)29-28(22)35/h7-12,14-15,24,26H,4-6,13,16-18H2,1-3H3,(H,29,35)/t24-,26+/m1/s1. The van der Waals surface area contributed by atoms with Gasteiger partial charge in [-0.05, 0) is 66.4 Å². The van der Waals surface area contributed by atoms with Crippen LogP contribution < -0.4 is 10.3 Å². The van der Waals surface area contributed by atoms with Crippen molar-refractivity contribution in [2.24, 2.45) is 0 Å². The number of ether oxygens (including phenoxy) is 2. The van der Waals surface area contributed by atoms with E-state index in [0.717, 1.165) is 48.3 Å². The molecule has 0 unspecified atom stereocenters. The van der Waals surface area contributed by atoms with Gasteiger partial charge in [0.1, 0.15) is 5.75 Å². The van der Waals surface area contributed by atoms with Crippen molar-refractivity contribution in [1.29, 1.82) is 0 Å². The lowest BCUT2D eigenvalue weighted by Crippen LogP contribution is -2.33. The Morgan fingerprint density at radius 1 is 1.19 bits per heavy atom. The van der Waals surface area contributed by atoms with Gasteiger partial charge in [-0.25, -0.2) is 4.68 Å². The molecule has 1 aliphatic rings. The minimum Gasteiger partial charge on any atom is -0.497 e. The number of H-pyrrole nitrogens is 1. The van der Waals surface area contributed by atoms with Crippen molar-refractivity contribution < 1.29 is 9.47 Å². The first-order valence-electron chi connectivity index (χ1n) is 12.9. The van der Waals surface area contributed by atoms with Crippen LogP contribution in [0.4, 0.5) is 0 Å². The van der Waals surface area contributed by atoms with Gasteiger partial charge in [-0.3, -0.25) is 9.69 Å². The van der Waals surface area contributed by atoms with Crippen LogP contribution in [0.5, 0.6) is 5.75 Å². The SMILES string of the molecule is CC[C@@H](c1nnnn1C[C@H]1CCCO1)N(Cc1ccc(C)cc1)Cc1cc2cc(OC)ccc2[nH]c1=O. The molecule has 2 aromatic carbocycles. The average molecular weight is 503 g/mol. The van der Waals surface area contributed by atoms with Gasteiger partial charge >= 0.3 is 0 Å². The first-order chi connectivity index (χ1) is 18.0. The monoisotopic (exact) mass is 502 g/mol. The zero-order valence-corrected chi connectivity index (χ0v) is 21.7. The first-order valence-corrected chi connectivity index (χ1v) is 12.9. The number of rotatable bonds is 10. The third-order valence-electron chi connectivity index (χ3n) is 7.09. The smallest absolute Gasteiger partial charge is 0.252 e. The van der Waals surface area contributed by atoms with Gasteiger partial charge in [0, 0.05) is 36.2 Å². The van der Waals surface area contributed by atoms with Crippen molar-refractivity contribution in [1.82, 2.24) is 30.1 Å². The highest BCUT2D eigenvalue weighted by Gasteiger charge is 2.28. The van der Waals surface area contributed by atoms with Gasteiger partial charge in [-0.2, -0.15) is 0 Å². The Labute approximate surface area is 216 Å². The van der Waals surface area contributed by atoms with Crippen LogP contribution in [0.1, 0.15) is 54.7 Å². The summed E-state index contributed by atoms with van der Waals surface area (Å²) in [4.78, 5) is 18.5. The molecule has 0 radical (unpaired) electrons. The van der Waals surface area contributed by atoms with Crippen molar-refractivity contribution in [3.8, 4) is 5.75 Å². The summed E-state index contributed by atoms with van der Waals surface area (Å²) in [5.74, 6) is 1.55. The fourth-order valence-corrected chi connectivity index (χ4v) is 5.06. The van der Waals surface area contributed by atoms with E-state index in [1.54, 1.807) is 7.11 Å². The molecule has 1 N–H and O–H groups in total. The summed E-state index contributed by atoms with van der Waals surface area (Å²) in [6, 6.07) is 16.0. The summed E-state index contributed by atoms with van der Waals surface area (Å²) in [5.41, 5.74) is 3.75. The molecule has 1 fully saturated rings. The third-order valence-corrected chi connectivity index (χ3v) is 7.09. The Kier molecular flexibility index (Phi) is 7.62. The van der Waals surface area contributed by atoms with Crippen molar-refractivity contribution in [2.45, 2.75) is 64.9 Å². The van der Waals surface area contributed by atoms with Gasteiger partial charge in [-0.1, -0.05) is 36.8 Å². The molecule has 3 heterocycles. The van der Waals surface area contributed by atoms with Gasteiger partial charge in [0.25, 0.3) is 5.56 Å². The molecule has 0 saturated carbocycles. The van der Waals surface area contributed by atoms with Crippen LogP contribution >= 0.6 is 0 Å². The second-order valence-corrected chi connectivity index (χ2v) is 9.75. The number of aromatic nitrogens is 5. The number of aromatic amines is 1. The molecule has 194 valence electrons. The third kappa shape index (κ3) is 5.73. The number of hydrogen-bond acceptors (Lipinski definition) is 7. The fraction of sp³-hybridized carbons (Fsp3) is 0.429. The van der Waals surface area contributed by atoms with E-state index >= 15 is 0 Å². The molecule has 4 aromatic rings. The second kappa shape index (κ2) is 11.2. The van der Waals surface area contributed by atoms with Crippen LogP contribution in [0.3, 0.4) is 0 Å². The number of hydrogen-bond donors (Lipinski definition) is 1. The summed E-state index contributed by atoms with van der Waals surface area (Å²) >= 11 is 0. The van der Waals surface area contributed by atoms with Crippen LogP contribution in [-0.2, 0) is 24.4 Å². The minimum atomic E-state index is -0.0969. The van der Waals surface area contributed by atoms with E-state index in [4.69, 9.17) is 9.47 Å². The van der Waals surface area contributed by atoms with Gasteiger partial charge < -0.3 is 14.5 Å². The quantitative estimate of drug-likeness (QED) is 0.348. The van der Waals surface area contributed by atoms with Crippen LogP contribution in [0.2, 0.25) is 0 Å². The summed E-state index contributed by atoms with van der Waals surface area (Å²) in [6.07, 6.45) is 2.99. The van der Waals surface area contributed by atoms with Crippen molar-refractivity contribution in [3.63, 3.8) is 0 Å². The van der Waals surface area contributed by atoms with Gasteiger partial charge in [0.05, 0.1) is 25.8 Å². The number of fused-ring (bicyclic) bond motifs is 1. The Hall–Kier alpha value is -3.56. The Bertz CT molecular complexity index is 1390. The molecule has 1 saturated heterocycles. The molecular weight excluding hydrogens is 468 g/mol. The molecule has 9 heteroatoms. The molecular formula is C28H34N6O3. The fourth-order valence-electron chi connectivity index (χ4n) is 5.06. The lowest BCUT2D eigenvalue weighted by molar-refractivity contribution is 0.0888. The van der Waals surface area contributed by atoms with E-state index in [1.807, 2.05) is 28.9 Å². The van der Waals surface area contributed by atoms with Gasteiger partial charge in [-0.15, -0.1) is 5.10 Å². The average Bonchev–Trinajstić information content (AvgIpc) is 3.59. The number of methoxy groups -OCH3 is 1. The van der Waals surface area contributed by atoms with E-state index in [2.05, 4.69) is 63.5 Å². The highest BCUT2D eigenvalue weighted by molar-refractivity contribution is 5.80. The molecule has 0 amide bonds. The van der Waals surface area contributed by atoms with Gasteiger partial charge in [0.2, 0.25) is 0 Å². The van der Waals surface area contributed by atoms with E-state index in [1.165, 1.54) is 11.1 Å². The zero-order valence-electron chi connectivity index (χ0n) is 21.7. The Balaban J connectivity index is 1.50. The predicted molar refractivity (Wildman–Crippen MR) is 141 cm³/mol. The van der Waals surface area contributed by atoms with Crippen molar-refractivity contribution in [2.75, 3.05) is 13.7 Å². The number of nitrogens with one attached hydrogen (secondary N) is 1. The molecule has 2 aromatic heterocycles. The summed E-state index contributed by atoms with van der Waals surface area (Å²) in [7, 11) is 1.64. The molecule has 9 nitrogen and oxygen atoms in total. The normalized spacial score (nSPS) is 16.5. The van der Waals surface area contributed by atoms with Crippen LogP contribution in [0.25, 0.3) is 10.9 Å². The molecule has 0 spiro atoms. The number of aryl methyl sites for hydroxylation is 1. The number of benzene rings is 2. The highest BCUT2D eigenvalue weighted by atomic mass is 16.5. The molecule has 1 aliphatic heterocycles. The second-order valence-electron chi connectivity index (χ2n) is 9.75. The van der Waals surface area contributed by atoms with Crippen LogP contribution in [-0.4, -0.2) is 49.9 Å². The number of tetrazole rings is 1. The topological polar surface area (TPSA) is 98.2 Å². The first kappa shape index (κ1) is 25.1. The molecule has 5 rings (SSSR count). The van der Waals surface area contributed by atoms with Crippen molar-refractivity contribution >= 4 is 10.9 Å². The lowest BCUT2D eigenvalue weighted by Gasteiger charge is -2.30. The van der Waals surface area contributed by atoms with Crippen LogP contribution in [0, 0.1) is 6.92 Å². The van der Waals surface area contributed by atoms with E-state index < -0.39 is 0 Å².